The number of piperazine rings is 1. The van der Waals surface area contributed by atoms with Crippen molar-refractivity contribution >= 4 is 5.91 Å². The van der Waals surface area contributed by atoms with Crippen LogP contribution in [0.25, 0.3) is 0 Å². The van der Waals surface area contributed by atoms with Gasteiger partial charge in [-0.05, 0) is 47.2 Å². The number of amides is 1. The van der Waals surface area contributed by atoms with E-state index in [1.54, 1.807) is 0 Å². The summed E-state index contributed by atoms with van der Waals surface area (Å²) in [4.78, 5) is 19.7. The van der Waals surface area contributed by atoms with E-state index in [1.165, 1.54) is 18.1 Å². The first kappa shape index (κ1) is 45.5. The summed E-state index contributed by atoms with van der Waals surface area (Å²) in [6.45, 7) is 5.86. The predicted octanol–water partition coefficient (Wildman–Crippen LogP) is 8.18. The Morgan fingerprint density at radius 2 is 0.937 bits per heavy atom. The van der Waals surface area contributed by atoms with Crippen molar-refractivity contribution in [3.8, 4) is 0 Å². The molecule has 328 valence electrons. The van der Waals surface area contributed by atoms with E-state index in [-0.39, 0.29) is 38.9 Å². The zero-order valence-corrected chi connectivity index (χ0v) is 36.3. The van der Waals surface area contributed by atoms with Gasteiger partial charge in [0.05, 0.1) is 44.7 Å². The monoisotopic (exact) mass is 848 g/mol. The second-order valence-electron chi connectivity index (χ2n) is 16.5. The lowest BCUT2D eigenvalue weighted by atomic mass is 9.82. The van der Waals surface area contributed by atoms with Gasteiger partial charge in [0.1, 0.15) is 17.8 Å². The lowest BCUT2D eigenvalue weighted by Gasteiger charge is -2.48. The maximum absolute atomic E-state index is 15.4. The van der Waals surface area contributed by atoms with Crippen molar-refractivity contribution in [3.63, 3.8) is 0 Å². The molecule has 7 rings (SSSR count). The molecular weight excluding hydrogens is 789 g/mol. The molecule has 9 heteroatoms. The first-order valence-corrected chi connectivity index (χ1v) is 21.9. The Hall–Kier alpha value is -5.49. The number of benzene rings is 6. The van der Waals surface area contributed by atoms with Crippen LogP contribution in [0.5, 0.6) is 0 Å². The van der Waals surface area contributed by atoms with Gasteiger partial charge in [-0.15, -0.1) is 0 Å². The van der Waals surface area contributed by atoms with Crippen LogP contribution in [0.1, 0.15) is 47.2 Å². The van der Waals surface area contributed by atoms with Gasteiger partial charge in [-0.3, -0.25) is 9.69 Å². The number of rotatable bonds is 21. The maximum Gasteiger partial charge on any atom is 0.254 e. The molecule has 0 aliphatic carbocycles. The zero-order chi connectivity index (χ0) is 43.9. The van der Waals surface area contributed by atoms with Crippen molar-refractivity contribution in [1.29, 1.82) is 0 Å². The number of aliphatic hydroxyl groups is 2. The molecule has 1 unspecified atom stereocenters. The fourth-order valence-corrected chi connectivity index (χ4v) is 8.41. The highest BCUT2D eigenvalue weighted by Crippen LogP contribution is 2.37. The molecular formula is C54H60N2O7. The third-order valence-corrected chi connectivity index (χ3v) is 12.2. The minimum atomic E-state index is -2.06. The van der Waals surface area contributed by atoms with Crippen LogP contribution in [-0.2, 0) is 55.7 Å². The molecule has 0 saturated carbocycles. The molecule has 1 amide bonds. The van der Waals surface area contributed by atoms with E-state index in [4.69, 9.17) is 18.9 Å². The summed E-state index contributed by atoms with van der Waals surface area (Å²) < 4.78 is 26.6. The quantitative estimate of drug-likeness (QED) is 0.0749. The lowest BCUT2D eigenvalue weighted by molar-refractivity contribution is -0.247. The Labute approximate surface area is 372 Å². The highest BCUT2D eigenvalue weighted by atomic mass is 16.6. The van der Waals surface area contributed by atoms with Crippen LogP contribution in [0.4, 0.5) is 0 Å². The Morgan fingerprint density at radius 1 is 0.556 bits per heavy atom. The van der Waals surface area contributed by atoms with Crippen molar-refractivity contribution in [2.45, 2.75) is 75.8 Å². The number of nitrogens with zero attached hydrogens (tertiary/aromatic N) is 2. The number of hydrogen-bond donors (Lipinski definition) is 2. The second-order valence-corrected chi connectivity index (χ2v) is 16.5. The topological polar surface area (TPSA) is 101 Å². The van der Waals surface area contributed by atoms with Gasteiger partial charge in [0.25, 0.3) is 5.91 Å². The molecule has 1 heterocycles. The number of aliphatic hydroxyl groups excluding tert-OH is 1. The van der Waals surface area contributed by atoms with Crippen LogP contribution in [0.15, 0.2) is 182 Å². The molecule has 2 N–H and O–H groups in total. The van der Waals surface area contributed by atoms with Gasteiger partial charge in [-0.2, -0.15) is 0 Å². The first-order valence-electron chi connectivity index (χ1n) is 21.9. The van der Waals surface area contributed by atoms with Gasteiger partial charge >= 0.3 is 0 Å². The van der Waals surface area contributed by atoms with Crippen molar-refractivity contribution in [3.05, 3.63) is 215 Å². The van der Waals surface area contributed by atoms with E-state index in [0.29, 0.717) is 26.2 Å². The van der Waals surface area contributed by atoms with Crippen LogP contribution in [-0.4, -0.2) is 88.7 Å². The van der Waals surface area contributed by atoms with Gasteiger partial charge in [0.2, 0.25) is 0 Å². The fraction of sp³-hybridized carbons (Fsp3) is 0.315. The molecule has 6 aromatic carbocycles. The SMILES string of the molecule is C[C@@H](O)C(O)(COCc1ccccc1)[C@@H](OCc1ccccc1)[C@H](OCc1ccccc1)[C@@H](OCc1ccccc1)C(=O)N1CCN(C(C)(c2ccccc2)c2ccccc2)CC1. The van der Waals surface area contributed by atoms with E-state index in [0.717, 1.165) is 22.3 Å². The number of carbonyl (C=O) groups is 1. The summed E-state index contributed by atoms with van der Waals surface area (Å²) in [6, 6.07) is 59.6. The first-order chi connectivity index (χ1) is 30.8. The summed E-state index contributed by atoms with van der Waals surface area (Å²) in [5, 5.41) is 24.5. The van der Waals surface area contributed by atoms with E-state index < -0.39 is 35.6 Å². The largest absolute Gasteiger partial charge is 0.390 e. The van der Waals surface area contributed by atoms with Crippen LogP contribution in [0.3, 0.4) is 0 Å². The molecule has 0 spiro atoms. The van der Waals surface area contributed by atoms with Crippen molar-refractivity contribution in [1.82, 2.24) is 9.80 Å². The molecule has 0 aromatic heterocycles. The van der Waals surface area contributed by atoms with Crippen molar-refractivity contribution in [2.75, 3.05) is 32.8 Å². The summed E-state index contributed by atoms with van der Waals surface area (Å²) in [5.41, 5.74) is 3.28. The van der Waals surface area contributed by atoms with Crippen LogP contribution in [0.2, 0.25) is 0 Å². The minimum absolute atomic E-state index is 0.0558. The van der Waals surface area contributed by atoms with Crippen LogP contribution in [0, 0.1) is 0 Å². The number of carbonyl (C=O) groups excluding carboxylic acids is 1. The van der Waals surface area contributed by atoms with Crippen LogP contribution < -0.4 is 0 Å². The molecule has 1 fully saturated rings. The van der Waals surface area contributed by atoms with Gasteiger partial charge in [0.15, 0.2) is 6.10 Å². The third-order valence-electron chi connectivity index (χ3n) is 12.2. The Morgan fingerprint density at radius 3 is 1.37 bits per heavy atom. The second kappa shape index (κ2) is 22.2. The molecule has 5 atom stereocenters. The van der Waals surface area contributed by atoms with E-state index in [2.05, 4.69) is 60.4 Å². The molecule has 1 aliphatic rings. The average molecular weight is 849 g/mol. The average Bonchev–Trinajstić information content (AvgIpc) is 3.34. The molecule has 6 aromatic rings. The van der Waals surface area contributed by atoms with E-state index in [9.17, 15) is 10.2 Å². The smallest absolute Gasteiger partial charge is 0.254 e. The van der Waals surface area contributed by atoms with E-state index >= 15 is 4.79 Å². The summed E-state index contributed by atoms with van der Waals surface area (Å²) in [7, 11) is 0. The lowest BCUT2D eigenvalue weighted by Crippen LogP contribution is -2.65. The zero-order valence-electron chi connectivity index (χ0n) is 36.3. The Kier molecular flexibility index (Phi) is 16.1. The van der Waals surface area contributed by atoms with Crippen molar-refractivity contribution < 1.29 is 34.0 Å². The standard InChI is InChI=1S/C54H60N2O7/c1-42(57)54(59,41-60-37-43-21-9-3-10-22-43)51(63-40-46-27-15-6-16-28-46)49(61-38-44-23-11-4-12-24-44)50(62-39-45-25-13-5-14-26-45)52(58)55-33-35-56(36-34-55)53(2,47-29-17-7-18-30-47)48-31-19-8-20-32-48/h3-32,42,49-51,57,59H,33-41H2,1-2H3/t42-,49-,50-,51+,54?/m1/s1. The summed E-state index contributed by atoms with van der Waals surface area (Å²) >= 11 is 0. The maximum atomic E-state index is 15.4. The summed E-state index contributed by atoms with van der Waals surface area (Å²) in [6.07, 6.45) is -5.18. The Bertz CT molecular complexity index is 2190. The molecule has 63 heavy (non-hydrogen) atoms. The van der Waals surface area contributed by atoms with Crippen LogP contribution >= 0.6 is 0 Å². The van der Waals surface area contributed by atoms with Gasteiger partial charge in [0, 0.05) is 26.2 Å². The molecule has 0 bridgehead atoms. The predicted molar refractivity (Wildman–Crippen MR) is 245 cm³/mol. The van der Waals surface area contributed by atoms with Gasteiger partial charge in [-0.25, -0.2) is 0 Å². The van der Waals surface area contributed by atoms with Gasteiger partial charge in [-0.1, -0.05) is 182 Å². The van der Waals surface area contributed by atoms with Gasteiger partial charge < -0.3 is 34.1 Å². The normalized spacial score (nSPS) is 16.4. The van der Waals surface area contributed by atoms with Crippen molar-refractivity contribution in [2.24, 2.45) is 0 Å². The summed E-state index contributed by atoms with van der Waals surface area (Å²) in [5.74, 6) is -0.295. The molecule has 9 nitrogen and oxygen atoms in total. The molecule has 0 radical (unpaired) electrons. The minimum Gasteiger partial charge on any atom is -0.390 e. The number of hydrogen-bond acceptors (Lipinski definition) is 8. The third kappa shape index (κ3) is 11.6. The Balaban J connectivity index is 1.25. The fourth-order valence-electron chi connectivity index (χ4n) is 8.41. The van der Waals surface area contributed by atoms with E-state index in [1.807, 2.05) is 138 Å². The molecule has 1 aliphatic heterocycles. The molecule has 1 saturated heterocycles. The highest BCUT2D eigenvalue weighted by Gasteiger charge is 2.52. The highest BCUT2D eigenvalue weighted by molar-refractivity contribution is 5.82. The number of ether oxygens (including phenoxy) is 4.